The fourth-order valence-corrected chi connectivity index (χ4v) is 2.64. The molecule has 0 saturated heterocycles. The number of ether oxygens (including phenoxy) is 4. The van der Waals surface area contributed by atoms with Gasteiger partial charge in [-0.05, 0) is 44.9 Å². The van der Waals surface area contributed by atoms with Crippen molar-refractivity contribution in [3.8, 4) is 11.5 Å². The Morgan fingerprint density at radius 2 is 1.82 bits per heavy atom. The van der Waals surface area contributed by atoms with E-state index >= 15 is 0 Å². The van der Waals surface area contributed by atoms with Crippen molar-refractivity contribution in [3.05, 3.63) is 23.8 Å². The molecule has 2 unspecified atom stereocenters. The molecule has 0 aromatic heterocycles. The number of esters is 1. The number of hydrogen-bond donors (Lipinski definition) is 2. The van der Waals surface area contributed by atoms with E-state index in [4.69, 9.17) is 18.9 Å². The highest BCUT2D eigenvalue weighted by atomic mass is 16.6. The molecule has 28 heavy (non-hydrogen) atoms. The molecule has 2 rings (SSSR count). The van der Waals surface area contributed by atoms with Gasteiger partial charge in [-0.2, -0.15) is 0 Å². The van der Waals surface area contributed by atoms with Crippen LogP contribution in [-0.2, 0) is 25.5 Å². The minimum absolute atomic E-state index is 0.0696. The number of carboxylic acid groups (broad SMARTS) is 1. The van der Waals surface area contributed by atoms with Crippen LogP contribution in [0.5, 0.6) is 11.5 Å². The van der Waals surface area contributed by atoms with Crippen LogP contribution < -0.4 is 14.8 Å². The molecule has 1 heterocycles. The summed E-state index contributed by atoms with van der Waals surface area (Å²) in [5, 5.41) is 12.0. The molecule has 154 valence electrons. The Morgan fingerprint density at radius 3 is 2.39 bits per heavy atom. The van der Waals surface area contributed by atoms with Crippen LogP contribution in [0.3, 0.4) is 0 Å². The molecule has 0 fully saturated rings. The van der Waals surface area contributed by atoms with E-state index in [1.807, 2.05) is 0 Å². The van der Waals surface area contributed by atoms with Gasteiger partial charge in [-0.1, -0.05) is 6.07 Å². The lowest BCUT2D eigenvalue weighted by atomic mass is 10.0. The lowest BCUT2D eigenvalue weighted by Crippen LogP contribution is -2.51. The first kappa shape index (κ1) is 21.3. The molecule has 1 aliphatic heterocycles. The maximum absolute atomic E-state index is 12.2. The fraction of sp³-hybridized carbons (Fsp3) is 0.526. The standard InChI is InChI=1S/C19H25NO8/c1-11(21)27-16(17(22)23)13(20-18(24)28-19(2,3)4)9-12-5-6-14-15(10-12)26-8-7-25-14/h5-6,10,13,16H,7-9H2,1-4H3,(H,20,24)(H,22,23). The second kappa shape index (κ2) is 8.81. The topological polar surface area (TPSA) is 120 Å². The molecular formula is C19H25NO8. The Hall–Kier alpha value is -2.97. The van der Waals surface area contributed by atoms with Crippen molar-refractivity contribution in [1.82, 2.24) is 5.32 Å². The number of carboxylic acids is 1. The van der Waals surface area contributed by atoms with Crippen LogP contribution in [0.15, 0.2) is 18.2 Å². The zero-order chi connectivity index (χ0) is 20.9. The van der Waals surface area contributed by atoms with Gasteiger partial charge in [0.2, 0.25) is 6.10 Å². The molecule has 2 N–H and O–H groups in total. The minimum atomic E-state index is -1.58. The van der Waals surface area contributed by atoms with E-state index in [2.05, 4.69) is 5.32 Å². The molecule has 1 aromatic rings. The summed E-state index contributed by atoms with van der Waals surface area (Å²) in [6.07, 6.45) is -2.33. The second-order valence-corrected chi connectivity index (χ2v) is 7.30. The van der Waals surface area contributed by atoms with Gasteiger partial charge in [-0.15, -0.1) is 0 Å². The molecular weight excluding hydrogens is 370 g/mol. The fourth-order valence-electron chi connectivity index (χ4n) is 2.64. The molecule has 0 spiro atoms. The summed E-state index contributed by atoms with van der Waals surface area (Å²) < 4.78 is 21.1. The second-order valence-electron chi connectivity index (χ2n) is 7.30. The van der Waals surface area contributed by atoms with Gasteiger partial charge in [0.05, 0.1) is 6.04 Å². The van der Waals surface area contributed by atoms with E-state index in [1.165, 1.54) is 0 Å². The van der Waals surface area contributed by atoms with Gasteiger partial charge < -0.3 is 29.4 Å². The van der Waals surface area contributed by atoms with Gasteiger partial charge in [-0.25, -0.2) is 9.59 Å². The average molecular weight is 395 g/mol. The first-order valence-corrected chi connectivity index (χ1v) is 8.83. The molecule has 1 amide bonds. The van der Waals surface area contributed by atoms with Crippen molar-refractivity contribution in [1.29, 1.82) is 0 Å². The summed E-state index contributed by atoms with van der Waals surface area (Å²) in [7, 11) is 0. The predicted molar refractivity (Wildman–Crippen MR) is 97.5 cm³/mol. The number of fused-ring (bicyclic) bond motifs is 1. The number of nitrogens with one attached hydrogen (secondary N) is 1. The third-order valence-corrected chi connectivity index (χ3v) is 3.67. The number of alkyl carbamates (subject to hydrolysis) is 1. The zero-order valence-electron chi connectivity index (χ0n) is 16.3. The Bertz CT molecular complexity index is 740. The Kier molecular flexibility index (Phi) is 6.71. The molecule has 1 aliphatic rings. The third kappa shape index (κ3) is 6.33. The summed E-state index contributed by atoms with van der Waals surface area (Å²) in [6.45, 7) is 7.00. The lowest BCUT2D eigenvalue weighted by molar-refractivity contribution is -0.164. The van der Waals surface area contributed by atoms with Crippen molar-refractivity contribution < 1.29 is 38.4 Å². The lowest BCUT2D eigenvalue weighted by Gasteiger charge is -2.27. The average Bonchev–Trinajstić information content (AvgIpc) is 2.57. The highest BCUT2D eigenvalue weighted by Crippen LogP contribution is 2.31. The number of benzene rings is 1. The molecule has 0 aliphatic carbocycles. The summed E-state index contributed by atoms with van der Waals surface area (Å²) in [4.78, 5) is 35.2. The Balaban J connectivity index is 2.24. The van der Waals surface area contributed by atoms with Crippen LogP contribution in [-0.4, -0.2) is 54.1 Å². The highest BCUT2D eigenvalue weighted by molar-refractivity contribution is 5.79. The largest absolute Gasteiger partial charge is 0.486 e. The molecule has 1 aromatic carbocycles. The van der Waals surface area contributed by atoms with Crippen molar-refractivity contribution in [3.63, 3.8) is 0 Å². The number of hydrogen-bond acceptors (Lipinski definition) is 7. The Morgan fingerprint density at radius 1 is 1.18 bits per heavy atom. The van der Waals surface area contributed by atoms with Crippen LogP contribution in [0.25, 0.3) is 0 Å². The number of amides is 1. The summed E-state index contributed by atoms with van der Waals surface area (Å²) in [5.41, 5.74) is -0.102. The zero-order valence-corrected chi connectivity index (χ0v) is 16.3. The molecule has 2 atom stereocenters. The quantitative estimate of drug-likeness (QED) is 0.701. The van der Waals surface area contributed by atoms with Gasteiger partial charge >= 0.3 is 18.0 Å². The van der Waals surface area contributed by atoms with Gasteiger partial charge in [-0.3, -0.25) is 4.79 Å². The van der Waals surface area contributed by atoms with Crippen LogP contribution in [0.2, 0.25) is 0 Å². The van der Waals surface area contributed by atoms with Crippen molar-refractivity contribution in [2.24, 2.45) is 0 Å². The predicted octanol–water partition coefficient (Wildman–Crippen LogP) is 1.91. The van der Waals surface area contributed by atoms with Crippen LogP contribution in [0.4, 0.5) is 4.79 Å². The normalized spacial score (nSPS) is 15.1. The smallest absolute Gasteiger partial charge is 0.408 e. The van der Waals surface area contributed by atoms with E-state index < -0.39 is 35.8 Å². The summed E-state index contributed by atoms with van der Waals surface area (Å²) in [5.74, 6) is -1.04. The SMILES string of the molecule is CC(=O)OC(C(=O)O)C(Cc1ccc2c(c1)OCCO2)NC(=O)OC(C)(C)C. The van der Waals surface area contributed by atoms with E-state index in [1.54, 1.807) is 39.0 Å². The number of carbonyl (C=O) groups excluding carboxylic acids is 2. The monoisotopic (exact) mass is 395 g/mol. The first-order chi connectivity index (χ1) is 13.0. The van der Waals surface area contributed by atoms with Crippen LogP contribution >= 0.6 is 0 Å². The van der Waals surface area contributed by atoms with E-state index in [-0.39, 0.29) is 6.42 Å². The van der Waals surface area contributed by atoms with E-state index in [0.717, 1.165) is 6.92 Å². The van der Waals surface area contributed by atoms with Crippen LogP contribution in [0.1, 0.15) is 33.3 Å². The van der Waals surface area contributed by atoms with Gasteiger partial charge in [0.25, 0.3) is 0 Å². The number of aliphatic carboxylic acids is 1. The van der Waals surface area contributed by atoms with Crippen molar-refractivity contribution in [2.75, 3.05) is 13.2 Å². The number of rotatable bonds is 6. The molecule has 0 radical (unpaired) electrons. The van der Waals surface area contributed by atoms with E-state index in [0.29, 0.717) is 30.3 Å². The highest BCUT2D eigenvalue weighted by Gasteiger charge is 2.34. The minimum Gasteiger partial charge on any atom is -0.486 e. The van der Waals surface area contributed by atoms with Gasteiger partial charge in [0, 0.05) is 6.92 Å². The Labute approximate surface area is 162 Å². The van der Waals surface area contributed by atoms with Crippen LogP contribution in [0, 0.1) is 0 Å². The van der Waals surface area contributed by atoms with Crippen molar-refractivity contribution in [2.45, 2.75) is 51.9 Å². The molecule has 9 heteroatoms. The van der Waals surface area contributed by atoms with Gasteiger partial charge in [0.1, 0.15) is 18.8 Å². The van der Waals surface area contributed by atoms with E-state index in [9.17, 15) is 19.5 Å². The third-order valence-electron chi connectivity index (χ3n) is 3.67. The maximum Gasteiger partial charge on any atom is 0.408 e. The summed E-state index contributed by atoms with van der Waals surface area (Å²) >= 11 is 0. The molecule has 0 bridgehead atoms. The van der Waals surface area contributed by atoms with Crippen molar-refractivity contribution >= 4 is 18.0 Å². The molecule has 0 saturated carbocycles. The number of carbonyl (C=O) groups is 3. The van der Waals surface area contributed by atoms with Gasteiger partial charge in [0.15, 0.2) is 11.5 Å². The maximum atomic E-state index is 12.2. The summed E-state index contributed by atoms with van der Waals surface area (Å²) in [6, 6.07) is 4.07. The first-order valence-electron chi connectivity index (χ1n) is 8.83. The molecule has 9 nitrogen and oxygen atoms in total.